The van der Waals surface area contributed by atoms with Gasteiger partial charge in [-0.1, -0.05) is 26.7 Å². The van der Waals surface area contributed by atoms with E-state index in [-0.39, 0.29) is 13.2 Å². The van der Waals surface area contributed by atoms with Crippen LogP contribution in [0.4, 0.5) is 0 Å². The quantitative estimate of drug-likeness (QED) is 0.436. The zero-order valence-corrected chi connectivity index (χ0v) is 14.4. The molecule has 0 aliphatic rings. The highest BCUT2D eigenvalue weighted by Crippen LogP contribution is 2.51. The summed E-state index contributed by atoms with van der Waals surface area (Å²) in [5, 5.41) is 0. The molecule has 0 heterocycles. The minimum Gasteiger partial charge on any atom is -0.497 e. The van der Waals surface area contributed by atoms with Crippen LogP contribution >= 0.6 is 7.60 Å². The molecule has 0 saturated carbocycles. The van der Waals surface area contributed by atoms with Crippen LogP contribution in [0.3, 0.4) is 0 Å². The number of carbonyl (C=O) groups excluding carboxylic acids is 1. The normalized spacial score (nSPS) is 11.4. The SMILES string of the molecule is CCCCOP(=O)(OCCCC)C(=O)c1ccc(OC)cc1. The lowest BCUT2D eigenvalue weighted by atomic mass is 10.2. The highest BCUT2D eigenvalue weighted by atomic mass is 31.2. The second kappa shape index (κ2) is 9.78. The van der Waals surface area contributed by atoms with Gasteiger partial charge in [0.2, 0.25) is 0 Å². The molecule has 0 aliphatic carbocycles. The molecule has 0 aliphatic heterocycles. The van der Waals surface area contributed by atoms with Crippen molar-refractivity contribution in [2.75, 3.05) is 20.3 Å². The number of hydrogen-bond donors (Lipinski definition) is 0. The fraction of sp³-hybridized carbons (Fsp3) is 0.562. The van der Waals surface area contributed by atoms with Crippen molar-refractivity contribution in [3.63, 3.8) is 0 Å². The average Bonchev–Trinajstić information content (AvgIpc) is 2.55. The number of carbonyl (C=O) groups is 1. The van der Waals surface area contributed by atoms with Crippen molar-refractivity contribution in [3.8, 4) is 5.75 Å². The standard InChI is InChI=1S/C16H25O5P/c1-4-6-12-20-22(18,21-13-7-5-2)16(17)14-8-10-15(19-3)11-9-14/h8-11H,4-7,12-13H2,1-3H3. The first-order valence-corrected chi connectivity index (χ1v) is 9.19. The lowest BCUT2D eigenvalue weighted by Gasteiger charge is -2.17. The molecule has 0 spiro atoms. The Bertz CT molecular complexity index is 484. The van der Waals surface area contributed by atoms with Gasteiger partial charge in [-0.3, -0.25) is 9.36 Å². The van der Waals surface area contributed by atoms with Crippen LogP contribution in [0.5, 0.6) is 5.75 Å². The summed E-state index contributed by atoms with van der Waals surface area (Å²) in [5.74, 6) is 0.630. The van der Waals surface area contributed by atoms with Crippen molar-refractivity contribution in [2.24, 2.45) is 0 Å². The van der Waals surface area contributed by atoms with E-state index < -0.39 is 13.1 Å². The van der Waals surface area contributed by atoms with Crippen LogP contribution in [0.15, 0.2) is 24.3 Å². The molecular weight excluding hydrogens is 303 g/mol. The highest BCUT2D eigenvalue weighted by molar-refractivity contribution is 7.72. The predicted octanol–water partition coefficient (Wildman–Crippen LogP) is 4.66. The van der Waals surface area contributed by atoms with E-state index in [0.717, 1.165) is 25.7 Å². The number of ether oxygens (including phenoxy) is 1. The van der Waals surface area contributed by atoms with Gasteiger partial charge in [0, 0.05) is 5.56 Å². The molecule has 0 radical (unpaired) electrons. The van der Waals surface area contributed by atoms with E-state index in [4.69, 9.17) is 13.8 Å². The summed E-state index contributed by atoms with van der Waals surface area (Å²) >= 11 is 0. The molecule has 0 amide bonds. The maximum atomic E-state index is 12.8. The van der Waals surface area contributed by atoms with Crippen molar-refractivity contribution in [3.05, 3.63) is 29.8 Å². The largest absolute Gasteiger partial charge is 0.497 e. The van der Waals surface area contributed by atoms with E-state index >= 15 is 0 Å². The van der Waals surface area contributed by atoms with Gasteiger partial charge >= 0.3 is 7.60 Å². The number of benzene rings is 1. The Morgan fingerprint density at radius 1 is 1.00 bits per heavy atom. The lowest BCUT2D eigenvalue weighted by Crippen LogP contribution is -2.09. The van der Waals surface area contributed by atoms with Gasteiger partial charge in [-0.05, 0) is 37.1 Å². The smallest absolute Gasteiger partial charge is 0.401 e. The Balaban J connectivity index is 2.86. The Hall–Kier alpha value is -1.16. The van der Waals surface area contributed by atoms with Crippen LogP contribution < -0.4 is 4.74 Å². The van der Waals surface area contributed by atoms with Gasteiger partial charge in [0.25, 0.3) is 5.52 Å². The Labute approximate surface area is 132 Å². The van der Waals surface area contributed by atoms with E-state index in [1.807, 2.05) is 13.8 Å². The molecule has 5 nitrogen and oxygen atoms in total. The van der Waals surface area contributed by atoms with Gasteiger partial charge in [-0.25, -0.2) is 0 Å². The van der Waals surface area contributed by atoms with Gasteiger partial charge in [0.1, 0.15) is 5.75 Å². The molecule has 6 heteroatoms. The first-order valence-electron chi connectivity index (χ1n) is 7.65. The summed E-state index contributed by atoms with van der Waals surface area (Å²) in [6, 6.07) is 6.44. The molecule has 0 bridgehead atoms. The second-order valence-corrected chi connectivity index (χ2v) is 6.82. The second-order valence-electron chi connectivity index (χ2n) is 4.90. The Morgan fingerprint density at radius 2 is 1.50 bits per heavy atom. The van der Waals surface area contributed by atoms with E-state index in [9.17, 15) is 9.36 Å². The minimum atomic E-state index is -3.79. The van der Waals surface area contributed by atoms with Crippen LogP contribution in [-0.4, -0.2) is 25.8 Å². The molecular formula is C16H25O5P. The van der Waals surface area contributed by atoms with Gasteiger partial charge in [0.15, 0.2) is 0 Å². The van der Waals surface area contributed by atoms with Gasteiger partial charge < -0.3 is 13.8 Å². The summed E-state index contributed by atoms with van der Waals surface area (Å²) in [7, 11) is -2.25. The monoisotopic (exact) mass is 328 g/mol. The summed E-state index contributed by atoms with van der Waals surface area (Å²) in [4.78, 5) is 12.5. The van der Waals surface area contributed by atoms with Crippen LogP contribution in [0.25, 0.3) is 0 Å². The molecule has 0 N–H and O–H groups in total. The van der Waals surface area contributed by atoms with Gasteiger partial charge in [-0.15, -0.1) is 0 Å². The van der Waals surface area contributed by atoms with E-state index in [2.05, 4.69) is 0 Å². The summed E-state index contributed by atoms with van der Waals surface area (Å²) in [6.45, 7) is 4.50. The fourth-order valence-corrected chi connectivity index (χ4v) is 3.22. The molecule has 1 aromatic rings. The van der Waals surface area contributed by atoms with Crippen molar-refractivity contribution >= 4 is 13.1 Å². The maximum absolute atomic E-state index is 12.8. The van der Waals surface area contributed by atoms with Crippen LogP contribution in [-0.2, 0) is 13.6 Å². The minimum absolute atomic E-state index is 0.252. The van der Waals surface area contributed by atoms with Crippen molar-refractivity contribution in [1.29, 1.82) is 0 Å². The molecule has 1 rings (SSSR count). The fourth-order valence-electron chi connectivity index (χ4n) is 1.70. The molecule has 0 unspecified atom stereocenters. The molecule has 0 fully saturated rings. The van der Waals surface area contributed by atoms with Gasteiger partial charge in [-0.2, -0.15) is 0 Å². The first-order chi connectivity index (χ1) is 10.6. The molecule has 124 valence electrons. The molecule has 1 aromatic carbocycles. The number of unbranched alkanes of at least 4 members (excludes halogenated alkanes) is 2. The number of methoxy groups -OCH3 is 1. The molecule has 22 heavy (non-hydrogen) atoms. The summed E-state index contributed by atoms with van der Waals surface area (Å²) in [6.07, 6.45) is 3.26. The third-order valence-corrected chi connectivity index (χ3v) is 4.90. The average molecular weight is 328 g/mol. The first kappa shape index (κ1) is 18.9. The number of hydrogen-bond acceptors (Lipinski definition) is 5. The van der Waals surface area contributed by atoms with Crippen LogP contribution in [0.1, 0.15) is 49.9 Å². The van der Waals surface area contributed by atoms with Gasteiger partial charge in [0.05, 0.1) is 20.3 Å². The summed E-state index contributed by atoms with van der Waals surface area (Å²) in [5.41, 5.74) is -0.292. The maximum Gasteiger partial charge on any atom is 0.401 e. The van der Waals surface area contributed by atoms with Crippen LogP contribution in [0.2, 0.25) is 0 Å². The molecule has 0 atom stereocenters. The van der Waals surface area contributed by atoms with Crippen LogP contribution in [0, 0.1) is 0 Å². The van der Waals surface area contributed by atoms with E-state index in [0.29, 0.717) is 11.3 Å². The van der Waals surface area contributed by atoms with E-state index in [1.54, 1.807) is 31.4 Å². The third-order valence-electron chi connectivity index (χ3n) is 3.10. The lowest BCUT2D eigenvalue weighted by molar-refractivity contribution is 0.0991. The Kier molecular flexibility index (Phi) is 8.39. The Morgan fingerprint density at radius 3 is 1.91 bits per heavy atom. The van der Waals surface area contributed by atoms with E-state index in [1.165, 1.54) is 0 Å². The molecule has 0 saturated heterocycles. The molecule has 0 aromatic heterocycles. The predicted molar refractivity (Wildman–Crippen MR) is 86.7 cm³/mol. The summed E-state index contributed by atoms with van der Waals surface area (Å²) < 4.78 is 28.5. The number of rotatable bonds is 11. The topological polar surface area (TPSA) is 61.8 Å². The highest BCUT2D eigenvalue weighted by Gasteiger charge is 2.35. The van der Waals surface area contributed by atoms with Crippen molar-refractivity contribution in [2.45, 2.75) is 39.5 Å². The van der Waals surface area contributed by atoms with Crippen molar-refractivity contribution in [1.82, 2.24) is 0 Å². The third kappa shape index (κ3) is 5.56. The van der Waals surface area contributed by atoms with Crippen molar-refractivity contribution < 1.29 is 23.1 Å². The zero-order chi connectivity index (χ0) is 16.4. The zero-order valence-electron chi connectivity index (χ0n) is 13.5.